The molecule has 8 heteroatoms. The summed E-state index contributed by atoms with van der Waals surface area (Å²) in [6.45, 7) is 0. The van der Waals surface area contributed by atoms with E-state index in [0.717, 1.165) is 5.56 Å². The number of anilines is 2. The number of benzene rings is 3. The van der Waals surface area contributed by atoms with Crippen molar-refractivity contribution in [2.45, 2.75) is 6.42 Å². The zero-order valence-corrected chi connectivity index (χ0v) is 16.6. The lowest BCUT2D eigenvalue weighted by atomic mass is 10.1. The van der Waals surface area contributed by atoms with E-state index in [1.807, 2.05) is 60.7 Å². The van der Waals surface area contributed by atoms with Crippen molar-refractivity contribution in [3.8, 4) is 0 Å². The molecule has 0 N–H and O–H groups in total. The van der Waals surface area contributed by atoms with Crippen LogP contribution in [-0.2, 0) is 6.42 Å². The highest BCUT2D eigenvalue weighted by atomic mass is 35.5. The molecular formula is C21H15Cl2N5O. The molecule has 0 bridgehead atoms. The molecule has 0 unspecified atom stereocenters. The van der Waals surface area contributed by atoms with E-state index < -0.39 is 6.03 Å². The Morgan fingerprint density at radius 2 is 1.52 bits per heavy atom. The van der Waals surface area contributed by atoms with Gasteiger partial charge in [0.1, 0.15) is 0 Å². The van der Waals surface area contributed by atoms with Crippen molar-refractivity contribution >= 4 is 40.6 Å². The zero-order chi connectivity index (χ0) is 20.2. The summed E-state index contributed by atoms with van der Waals surface area (Å²) in [7, 11) is 0. The standard InChI is InChI=1S/C21H15Cl2N5O/c22-16-12-11-15(19(23)14-16)13-20-24-25-26-28(20)21(29)27(17-7-3-1-4-8-17)18-9-5-2-6-10-18/h1-12,14H,13H2. The Morgan fingerprint density at radius 1 is 0.897 bits per heavy atom. The van der Waals surface area contributed by atoms with Crippen LogP contribution in [0.4, 0.5) is 16.2 Å². The molecule has 144 valence electrons. The first kappa shape index (κ1) is 19.1. The van der Waals surface area contributed by atoms with Crippen LogP contribution in [0.5, 0.6) is 0 Å². The van der Waals surface area contributed by atoms with Gasteiger partial charge < -0.3 is 0 Å². The van der Waals surface area contributed by atoms with Crippen LogP contribution in [0.1, 0.15) is 11.4 Å². The summed E-state index contributed by atoms with van der Waals surface area (Å²) in [6.07, 6.45) is 0.284. The fourth-order valence-electron chi connectivity index (χ4n) is 2.92. The Balaban J connectivity index is 1.72. The first-order valence-electron chi connectivity index (χ1n) is 8.79. The molecule has 0 saturated carbocycles. The monoisotopic (exact) mass is 423 g/mol. The first-order valence-corrected chi connectivity index (χ1v) is 9.55. The number of hydrogen-bond acceptors (Lipinski definition) is 4. The molecule has 4 rings (SSSR count). The third-order valence-corrected chi connectivity index (χ3v) is 4.89. The van der Waals surface area contributed by atoms with Gasteiger partial charge in [0.25, 0.3) is 0 Å². The molecule has 0 atom stereocenters. The Morgan fingerprint density at radius 3 is 2.10 bits per heavy atom. The maximum absolute atomic E-state index is 13.4. The van der Waals surface area contributed by atoms with Gasteiger partial charge in [-0.25, -0.2) is 4.79 Å². The summed E-state index contributed by atoms with van der Waals surface area (Å²) in [4.78, 5) is 15.0. The molecule has 0 aliphatic rings. The van der Waals surface area contributed by atoms with Crippen LogP contribution in [0.3, 0.4) is 0 Å². The van der Waals surface area contributed by atoms with Crippen LogP contribution in [0.15, 0.2) is 78.9 Å². The minimum absolute atomic E-state index is 0.284. The molecular weight excluding hydrogens is 409 g/mol. The van der Waals surface area contributed by atoms with Gasteiger partial charge in [0.2, 0.25) is 0 Å². The normalized spacial score (nSPS) is 10.7. The van der Waals surface area contributed by atoms with Gasteiger partial charge in [-0.05, 0) is 52.4 Å². The summed E-state index contributed by atoms with van der Waals surface area (Å²) in [5.74, 6) is 0.371. The van der Waals surface area contributed by atoms with Crippen molar-refractivity contribution in [3.63, 3.8) is 0 Å². The number of rotatable bonds is 4. The highest BCUT2D eigenvalue weighted by Crippen LogP contribution is 2.27. The lowest BCUT2D eigenvalue weighted by molar-refractivity contribution is 0.246. The molecule has 0 radical (unpaired) electrons. The highest BCUT2D eigenvalue weighted by Gasteiger charge is 2.24. The maximum Gasteiger partial charge on any atom is 0.356 e. The summed E-state index contributed by atoms with van der Waals surface area (Å²) < 4.78 is 1.19. The molecule has 0 fully saturated rings. The predicted molar refractivity (Wildman–Crippen MR) is 113 cm³/mol. The average Bonchev–Trinajstić information content (AvgIpc) is 3.20. The molecule has 0 saturated heterocycles. The molecule has 1 heterocycles. The summed E-state index contributed by atoms with van der Waals surface area (Å²) >= 11 is 12.2. The lowest BCUT2D eigenvalue weighted by Gasteiger charge is -2.22. The number of halogens is 2. The molecule has 1 amide bonds. The Bertz CT molecular complexity index is 1090. The van der Waals surface area contributed by atoms with Gasteiger partial charge in [-0.2, -0.15) is 0 Å². The molecule has 6 nitrogen and oxygen atoms in total. The quantitative estimate of drug-likeness (QED) is 0.413. The molecule has 1 aromatic heterocycles. The minimum atomic E-state index is -0.396. The number of para-hydroxylation sites is 2. The highest BCUT2D eigenvalue weighted by molar-refractivity contribution is 6.35. The van der Waals surface area contributed by atoms with Crippen LogP contribution in [-0.4, -0.2) is 26.2 Å². The van der Waals surface area contributed by atoms with E-state index in [1.165, 1.54) is 4.68 Å². The van der Waals surface area contributed by atoms with E-state index in [0.29, 0.717) is 27.2 Å². The molecule has 3 aromatic carbocycles. The molecule has 0 aliphatic carbocycles. The third kappa shape index (κ3) is 4.13. The van der Waals surface area contributed by atoms with Crippen LogP contribution >= 0.6 is 23.2 Å². The predicted octanol–water partition coefficient (Wildman–Crippen LogP) is 5.38. The minimum Gasteiger partial charge on any atom is -0.261 e. The average molecular weight is 424 g/mol. The fraction of sp³-hybridized carbons (Fsp3) is 0.0476. The number of aromatic nitrogens is 4. The summed E-state index contributed by atoms with van der Waals surface area (Å²) in [6, 6.07) is 23.4. The van der Waals surface area contributed by atoms with Crippen LogP contribution in [0.2, 0.25) is 10.0 Å². The largest absolute Gasteiger partial charge is 0.356 e. The smallest absolute Gasteiger partial charge is 0.261 e. The maximum atomic E-state index is 13.4. The van der Waals surface area contributed by atoms with Gasteiger partial charge in [-0.1, -0.05) is 65.7 Å². The van der Waals surface area contributed by atoms with Gasteiger partial charge in [0.05, 0.1) is 11.4 Å². The second-order valence-electron chi connectivity index (χ2n) is 6.21. The van der Waals surface area contributed by atoms with E-state index in [1.54, 1.807) is 23.1 Å². The van der Waals surface area contributed by atoms with Crippen molar-refractivity contribution in [2.24, 2.45) is 0 Å². The number of carbonyl (C=O) groups excluding carboxylic acids is 1. The van der Waals surface area contributed by atoms with Gasteiger partial charge in [-0.3, -0.25) is 4.90 Å². The molecule has 0 spiro atoms. The first-order chi connectivity index (χ1) is 14.1. The molecule has 4 aromatic rings. The van der Waals surface area contributed by atoms with E-state index >= 15 is 0 Å². The summed E-state index contributed by atoms with van der Waals surface area (Å²) in [5, 5.41) is 12.7. The number of nitrogens with zero attached hydrogens (tertiary/aromatic N) is 5. The van der Waals surface area contributed by atoms with E-state index in [9.17, 15) is 4.79 Å². The van der Waals surface area contributed by atoms with Crippen LogP contribution in [0.25, 0.3) is 0 Å². The Labute approximate surface area is 177 Å². The van der Waals surface area contributed by atoms with Crippen molar-refractivity contribution in [1.29, 1.82) is 0 Å². The van der Waals surface area contributed by atoms with Crippen molar-refractivity contribution < 1.29 is 4.79 Å². The van der Waals surface area contributed by atoms with Crippen molar-refractivity contribution in [3.05, 3.63) is 100 Å². The number of hydrogen-bond donors (Lipinski definition) is 0. The Kier molecular flexibility index (Phi) is 5.55. The van der Waals surface area contributed by atoms with E-state index in [4.69, 9.17) is 23.2 Å². The lowest BCUT2D eigenvalue weighted by Crippen LogP contribution is -2.32. The fourth-order valence-corrected chi connectivity index (χ4v) is 3.39. The number of carbonyl (C=O) groups is 1. The van der Waals surface area contributed by atoms with Gasteiger partial charge in [-0.15, -0.1) is 9.78 Å². The second-order valence-corrected chi connectivity index (χ2v) is 7.05. The topological polar surface area (TPSA) is 63.9 Å². The van der Waals surface area contributed by atoms with Gasteiger partial charge >= 0.3 is 6.03 Å². The molecule has 0 aliphatic heterocycles. The SMILES string of the molecule is O=C(N(c1ccccc1)c1ccccc1)n1nnnc1Cc1ccc(Cl)cc1Cl. The van der Waals surface area contributed by atoms with Gasteiger partial charge in [0, 0.05) is 16.5 Å². The second kappa shape index (κ2) is 8.43. The van der Waals surface area contributed by atoms with Crippen LogP contribution in [0, 0.1) is 0 Å². The van der Waals surface area contributed by atoms with Crippen LogP contribution < -0.4 is 4.90 Å². The number of amides is 1. The van der Waals surface area contributed by atoms with Crippen molar-refractivity contribution in [1.82, 2.24) is 20.2 Å². The number of tetrazole rings is 1. The zero-order valence-electron chi connectivity index (χ0n) is 15.1. The molecule has 29 heavy (non-hydrogen) atoms. The van der Waals surface area contributed by atoms with E-state index in [2.05, 4.69) is 15.5 Å². The third-order valence-electron chi connectivity index (χ3n) is 4.30. The van der Waals surface area contributed by atoms with Gasteiger partial charge in [0.15, 0.2) is 5.82 Å². The van der Waals surface area contributed by atoms with Crippen molar-refractivity contribution in [2.75, 3.05) is 4.90 Å². The summed E-state index contributed by atoms with van der Waals surface area (Å²) in [5.41, 5.74) is 2.18. The van der Waals surface area contributed by atoms with E-state index in [-0.39, 0.29) is 6.42 Å². The Hall–Kier alpha value is -3.22.